The largest absolute Gasteiger partial charge is 0.375 e. The van der Waals surface area contributed by atoms with Crippen LogP contribution in [0, 0.1) is 12.8 Å². The van der Waals surface area contributed by atoms with Gasteiger partial charge in [0, 0.05) is 54.8 Å². The number of aromatic nitrogens is 3. The molecule has 5 heteroatoms. The number of nitrogens with zero attached hydrogens (tertiary/aromatic N) is 3. The van der Waals surface area contributed by atoms with Gasteiger partial charge in [-0.1, -0.05) is 45.6 Å². The van der Waals surface area contributed by atoms with Crippen molar-refractivity contribution in [2.24, 2.45) is 5.92 Å². The topological polar surface area (TPSA) is 59.9 Å². The molecule has 2 aromatic rings. The summed E-state index contributed by atoms with van der Waals surface area (Å²) >= 11 is 0. The predicted molar refractivity (Wildman–Crippen MR) is 133 cm³/mol. The van der Waals surface area contributed by atoms with Gasteiger partial charge in [0.15, 0.2) is 0 Å². The smallest absolute Gasteiger partial charge is 0.128 e. The van der Waals surface area contributed by atoms with Gasteiger partial charge in [-0.15, -0.1) is 0 Å². The van der Waals surface area contributed by atoms with Crippen LogP contribution in [0.5, 0.6) is 0 Å². The molecule has 33 heavy (non-hydrogen) atoms. The minimum atomic E-state index is 0.0702. The second kappa shape index (κ2) is 11.1. The first-order chi connectivity index (χ1) is 16.1. The van der Waals surface area contributed by atoms with Gasteiger partial charge in [-0.25, -0.2) is 9.97 Å². The number of rotatable bonds is 10. The summed E-state index contributed by atoms with van der Waals surface area (Å²) in [5, 5.41) is 3.68. The van der Waals surface area contributed by atoms with Gasteiger partial charge >= 0.3 is 0 Å². The maximum absolute atomic E-state index is 6.41. The van der Waals surface area contributed by atoms with Crippen molar-refractivity contribution in [1.29, 1.82) is 0 Å². The van der Waals surface area contributed by atoms with E-state index in [4.69, 9.17) is 9.72 Å². The SMILES string of the molecule is CCC(CC)Cc1ncc(CNCC[C@@]2(c3ncccc3C)CCOC3(CCCC3)C2)cn1. The molecule has 0 aromatic carbocycles. The molecule has 1 aliphatic heterocycles. The van der Waals surface area contributed by atoms with Gasteiger partial charge in [0.1, 0.15) is 5.82 Å². The van der Waals surface area contributed by atoms with E-state index in [1.54, 1.807) is 0 Å². The lowest BCUT2D eigenvalue weighted by molar-refractivity contribution is -0.104. The highest BCUT2D eigenvalue weighted by molar-refractivity contribution is 5.28. The molecular formula is C28H42N4O. The zero-order valence-electron chi connectivity index (χ0n) is 20.9. The molecule has 2 fully saturated rings. The lowest BCUT2D eigenvalue weighted by Gasteiger charge is -2.47. The molecule has 2 aliphatic rings. The third-order valence-corrected chi connectivity index (χ3v) is 8.17. The van der Waals surface area contributed by atoms with Crippen molar-refractivity contribution >= 4 is 0 Å². The molecule has 4 rings (SSSR count). The lowest BCUT2D eigenvalue weighted by atomic mass is 9.67. The summed E-state index contributed by atoms with van der Waals surface area (Å²) in [7, 11) is 0. The van der Waals surface area contributed by atoms with Crippen LogP contribution >= 0.6 is 0 Å². The van der Waals surface area contributed by atoms with Crippen molar-refractivity contribution in [2.75, 3.05) is 13.2 Å². The Kier molecular flexibility index (Phi) is 8.13. The van der Waals surface area contributed by atoms with E-state index in [2.05, 4.69) is 48.2 Å². The van der Waals surface area contributed by atoms with Gasteiger partial charge in [0.25, 0.3) is 0 Å². The Morgan fingerprint density at radius 1 is 1.06 bits per heavy atom. The number of ether oxygens (including phenoxy) is 1. The number of hydrogen-bond donors (Lipinski definition) is 1. The molecule has 0 bridgehead atoms. The van der Waals surface area contributed by atoms with Crippen molar-refractivity contribution in [3.8, 4) is 0 Å². The second-order valence-electron chi connectivity index (χ2n) is 10.4. The van der Waals surface area contributed by atoms with E-state index in [-0.39, 0.29) is 11.0 Å². The fraction of sp³-hybridized carbons (Fsp3) is 0.679. The van der Waals surface area contributed by atoms with Gasteiger partial charge < -0.3 is 10.1 Å². The molecule has 180 valence electrons. The zero-order valence-corrected chi connectivity index (χ0v) is 20.9. The second-order valence-corrected chi connectivity index (χ2v) is 10.4. The summed E-state index contributed by atoms with van der Waals surface area (Å²) in [6.45, 7) is 9.33. The van der Waals surface area contributed by atoms with Crippen LogP contribution in [0.4, 0.5) is 0 Å². The predicted octanol–water partition coefficient (Wildman–Crippen LogP) is 5.70. The fourth-order valence-electron chi connectivity index (χ4n) is 6.11. The van der Waals surface area contributed by atoms with E-state index in [1.165, 1.54) is 49.8 Å². The normalized spacial score (nSPS) is 22.3. The summed E-state index contributed by atoms with van der Waals surface area (Å²) in [5.41, 5.74) is 3.92. The first kappa shape index (κ1) is 24.3. The Morgan fingerprint density at radius 3 is 2.52 bits per heavy atom. The fourth-order valence-corrected chi connectivity index (χ4v) is 6.11. The molecule has 2 aromatic heterocycles. The van der Waals surface area contributed by atoms with E-state index in [0.717, 1.165) is 56.8 Å². The summed E-state index contributed by atoms with van der Waals surface area (Å²) in [6.07, 6.45) is 17.6. The number of pyridine rings is 1. The average molecular weight is 451 g/mol. The van der Waals surface area contributed by atoms with Crippen LogP contribution in [0.1, 0.15) is 94.3 Å². The molecule has 0 amide bonds. The first-order valence-electron chi connectivity index (χ1n) is 13.1. The molecule has 1 atom stereocenters. The Balaban J connectivity index is 1.38. The van der Waals surface area contributed by atoms with Crippen molar-refractivity contribution in [3.63, 3.8) is 0 Å². The highest BCUT2D eigenvalue weighted by Gasteiger charge is 2.48. The molecule has 5 nitrogen and oxygen atoms in total. The molecule has 1 spiro atoms. The van der Waals surface area contributed by atoms with Crippen molar-refractivity contribution < 1.29 is 4.74 Å². The molecule has 1 N–H and O–H groups in total. The molecular weight excluding hydrogens is 408 g/mol. The van der Waals surface area contributed by atoms with Crippen molar-refractivity contribution in [2.45, 2.75) is 103 Å². The van der Waals surface area contributed by atoms with Crippen molar-refractivity contribution in [1.82, 2.24) is 20.3 Å². The zero-order chi connectivity index (χ0) is 23.2. The standard InChI is InChI=1S/C28H42N4O/c1-4-23(5-2)17-25-31-19-24(20-32-25)18-29-15-12-27(26-22(3)9-8-14-30-26)13-16-33-28(21-27)10-6-7-11-28/h8-9,14,19-20,23,29H,4-7,10-13,15-18,21H2,1-3H3/t27-/m1/s1. The van der Waals surface area contributed by atoms with Crippen LogP contribution in [-0.4, -0.2) is 33.7 Å². The number of nitrogens with one attached hydrogen (secondary N) is 1. The molecule has 1 saturated heterocycles. The van der Waals surface area contributed by atoms with Crippen LogP contribution in [0.2, 0.25) is 0 Å². The van der Waals surface area contributed by atoms with Crippen LogP contribution < -0.4 is 5.32 Å². The van der Waals surface area contributed by atoms with Gasteiger partial charge in [0.05, 0.1) is 5.60 Å². The van der Waals surface area contributed by atoms with Crippen molar-refractivity contribution in [3.05, 3.63) is 53.4 Å². The van der Waals surface area contributed by atoms with Gasteiger partial charge in [-0.3, -0.25) is 4.98 Å². The van der Waals surface area contributed by atoms with Gasteiger partial charge in [-0.05, 0) is 63.1 Å². The van der Waals surface area contributed by atoms with E-state index >= 15 is 0 Å². The van der Waals surface area contributed by atoms with Crippen LogP contribution in [0.3, 0.4) is 0 Å². The third-order valence-electron chi connectivity index (χ3n) is 8.17. The minimum Gasteiger partial charge on any atom is -0.375 e. The highest BCUT2D eigenvalue weighted by Crippen LogP contribution is 2.50. The Morgan fingerprint density at radius 2 is 1.82 bits per heavy atom. The Bertz CT molecular complexity index is 874. The molecule has 1 aliphatic carbocycles. The monoisotopic (exact) mass is 450 g/mol. The summed E-state index contributed by atoms with van der Waals surface area (Å²) in [5.74, 6) is 1.66. The molecule has 0 unspecified atom stereocenters. The van der Waals surface area contributed by atoms with E-state index in [0.29, 0.717) is 5.92 Å². The molecule has 3 heterocycles. The highest BCUT2D eigenvalue weighted by atomic mass is 16.5. The van der Waals surface area contributed by atoms with E-state index < -0.39 is 0 Å². The number of hydrogen-bond acceptors (Lipinski definition) is 5. The summed E-state index contributed by atoms with van der Waals surface area (Å²) in [6, 6.07) is 4.27. The quantitative estimate of drug-likeness (QED) is 0.471. The van der Waals surface area contributed by atoms with Gasteiger partial charge in [0.2, 0.25) is 0 Å². The molecule has 0 radical (unpaired) electrons. The van der Waals surface area contributed by atoms with Gasteiger partial charge in [-0.2, -0.15) is 0 Å². The van der Waals surface area contributed by atoms with Crippen LogP contribution in [0.15, 0.2) is 30.7 Å². The minimum absolute atomic E-state index is 0.0702. The van der Waals surface area contributed by atoms with E-state index in [1.807, 2.05) is 18.6 Å². The maximum Gasteiger partial charge on any atom is 0.128 e. The lowest BCUT2D eigenvalue weighted by Crippen LogP contribution is -2.47. The summed E-state index contributed by atoms with van der Waals surface area (Å²) < 4.78 is 6.41. The molecule has 1 saturated carbocycles. The summed E-state index contributed by atoms with van der Waals surface area (Å²) in [4.78, 5) is 14.2. The van der Waals surface area contributed by atoms with E-state index in [9.17, 15) is 0 Å². The first-order valence-corrected chi connectivity index (χ1v) is 13.1. The third kappa shape index (κ3) is 5.81. The Hall–Kier alpha value is -1.85. The average Bonchev–Trinajstić information content (AvgIpc) is 3.28. The van der Waals surface area contributed by atoms with Crippen LogP contribution in [0.25, 0.3) is 0 Å². The number of aryl methyl sites for hydroxylation is 1. The Labute approximate surface area is 200 Å². The van der Waals surface area contributed by atoms with Crippen LogP contribution in [-0.2, 0) is 23.1 Å². The maximum atomic E-state index is 6.41.